The molecule has 6 nitrogen and oxygen atoms in total. The van der Waals surface area contributed by atoms with Crippen LogP contribution >= 0.6 is 23.1 Å². The second-order valence-corrected chi connectivity index (χ2v) is 9.31. The van der Waals surface area contributed by atoms with Crippen molar-refractivity contribution >= 4 is 34.1 Å². The molecule has 0 radical (unpaired) electrons. The van der Waals surface area contributed by atoms with E-state index >= 15 is 0 Å². The quantitative estimate of drug-likeness (QED) is 0.539. The van der Waals surface area contributed by atoms with Crippen LogP contribution in [0.1, 0.15) is 24.2 Å². The van der Waals surface area contributed by atoms with Gasteiger partial charge in [0, 0.05) is 13.1 Å². The molecule has 152 valence electrons. The normalized spacial score (nSPS) is 14.8. The van der Waals surface area contributed by atoms with E-state index in [0.717, 1.165) is 47.6 Å². The van der Waals surface area contributed by atoms with Crippen molar-refractivity contribution in [3.05, 3.63) is 60.1 Å². The van der Waals surface area contributed by atoms with Gasteiger partial charge in [0.05, 0.1) is 18.6 Å². The summed E-state index contributed by atoms with van der Waals surface area (Å²) in [6.07, 6.45) is 4.90. The van der Waals surface area contributed by atoms with Crippen LogP contribution in [0.3, 0.4) is 0 Å². The zero-order valence-corrected chi connectivity index (χ0v) is 17.8. The molecule has 0 spiro atoms. The van der Waals surface area contributed by atoms with Crippen molar-refractivity contribution in [3.8, 4) is 0 Å². The summed E-state index contributed by atoms with van der Waals surface area (Å²) in [5.41, 5.74) is 1.39. The molecule has 0 unspecified atom stereocenters. The molecule has 1 N–H and O–H groups in total. The van der Waals surface area contributed by atoms with E-state index in [1.165, 1.54) is 28.7 Å². The Hall–Kier alpha value is -2.32. The lowest BCUT2D eigenvalue weighted by Gasteiger charge is -2.32. The number of thioether (sulfide) groups is 1. The highest BCUT2D eigenvalue weighted by Crippen LogP contribution is 2.27. The number of nitrogens with zero attached hydrogens (tertiary/aromatic N) is 3. The highest BCUT2D eigenvalue weighted by Gasteiger charge is 2.23. The van der Waals surface area contributed by atoms with Crippen molar-refractivity contribution in [1.82, 2.24) is 15.1 Å². The lowest BCUT2D eigenvalue weighted by atomic mass is 9.90. The van der Waals surface area contributed by atoms with Gasteiger partial charge in [0.25, 0.3) is 0 Å². The molecular formula is C21H24N4O2S2. The van der Waals surface area contributed by atoms with E-state index in [1.54, 1.807) is 6.26 Å². The van der Waals surface area contributed by atoms with Crippen LogP contribution in [0.2, 0.25) is 0 Å². The summed E-state index contributed by atoms with van der Waals surface area (Å²) in [4.78, 5) is 14.5. The van der Waals surface area contributed by atoms with Crippen molar-refractivity contribution in [1.29, 1.82) is 0 Å². The first-order valence-corrected chi connectivity index (χ1v) is 11.6. The molecule has 0 aliphatic carbocycles. The first-order valence-electron chi connectivity index (χ1n) is 9.80. The molecular weight excluding hydrogens is 404 g/mol. The fourth-order valence-corrected chi connectivity index (χ4v) is 5.11. The summed E-state index contributed by atoms with van der Waals surface area (Å²) in [5.74, 6) is 2.12. The molecule has 4 rings (SSSR count). The van der Waals surface area contributed by atoms with Gasteiger partial charge in [-0.1, -0.05) is 53.4 Å². The van der Waals surface area contributed by atoms with E-state index < -0.39 is 0 Å². The minimum absolute atomic E-state index is 0.188. The number of hydrogen-bond acceptors (Lipinski definition) is 7. The number of carbonyl (C=O) groups is 1. The minimum Gasteiger partial charge on any atom is -0.467 e. The number of anilines is 1. The fraction of sp³-hybridized carbons (Fsp3) is 0.381. The summed E-state index contributed by atoms with van der Waals surface area (Å²) >= 11 is 2.92. The third-order valence-corrected chi connectivity index (χ3v) is 7.05. The molecule has 8 heteroatoms. The van der Waals surface area contributed by atoms with E-state index in [1.807, 2.05) is 17.0 Å². The number of benzene rings is 1. The van der Waals surface area contributed by atoms with Gasteiger partial charge in [0.2, 0.25) is 11.0 Å². The maximum Gasteiger partial charge on any atom is 0.233 e. The molecule has 1 aromatic carbocycles. The first kappa shape index (κ1) is 20.0. The van der Waals surface area contributed by atoms with Crippen LogP contribution in [0.4, 0.5) is 5.13 Å². The lowest BCUT2D eigenvalue weighted by Crippen LogP contribution is -2.39. The summed E-state index contributed by atoms with van der Waals surface area (Å²) < 4.78 is 6.09. The number of amides is 1. The average molecular weight is 429 g/mol. The lowest BCUT2D eigenvalue weighted by molar-refractivity contribution is -0.129. The third kappa shape index (κ3) is 5.83. The van der Waals surface area contributed by atoms with Gasteiger partial charge in [-0.15, -0.1) is 10.2 Å². The zero-order chi connectivity index (χ0) is 19.9. The van der Waals surface area contributed by atoms with Gasteiger partial charge >= 0.3 is 0 Å². The van der Waals surface area contributed by atoms with Crippen LogP contribution in [0.15, 0.2) is 57.5 Å². The molecule has 0 bridgehead atoms. The molecule has 3 aromatic rings. The topological polar surface area (TPSA) is 71.3 Å². The van der Waals surface area contributed by atoms with Crippen molar-refractivity contribution in [2.75, 3.05) is 24.2 Å². The standard InChI is InChI=1S/C21H24N4O2S2/c26-19(25-10-8-17(9-11-25)13-16-5-2-1-3-6-16)15-28-21-24-23-20(29-21)22-14-18-7-4-12-27-18/h1-7,12,17H,8-11,13-15H2,(H,22,23). The molecule has 29 heavy (non-hydrogen) atoms. The largest absolute Gasteiger partial charge is 0.467 e. The number of nitrogens with one attached hydrogen (secondary N) is 1. The average Bonchev–Trinajstić information content (AvgIpc) is 3.44. The van der Waals surface area contributed by atoms with Crippen molar-refractivity contribution < 1.29 is 9.21 Å². The number of aromatic nitrogens is 2. The van der Waals surface area contributed by atoms with Crippen LogP contribution in [0.25, 0.3) is 0 Å². The molecule has 2 aromatic heterocycles. The second kappa shape index (κ2) is 9.93. The van der Waals surface area contributed by atoms with E-state index in [2.05, 4.69) is 45.8 Å². The van der Waals surface area contributed by atoms with E-state index in [9.17, 15) is 4.79 Å². The first-order chi connectivity index (χ1) is 14.3. The molecule has 1 saturated heterocycles. The zero-order valence-electron chi connectivity index (χ0n) is 16.1. The Labute approximate surface area is 178 Å². The number of furan rings is 1. The Bertz CT molecular complexity index is 891. The Kier molecular flexibility index (Phi) is 6.84. The molecule has 0 atom stereocenters. The molecule has 3 heterocycles. The van der Waals surface area contributed by atoms with Gasteiger partial charge in [-0.3, -0.25) is 4.79 Å². The van der Waals surface area contributed by atoms with Gasteiger partial charge in [-0.05, 0) is 42.9 Å². The predicted octanol–water partition coefficient (Wildman–Crippen LogP) is 4.32. The van der Waals surface area contributed by atoms with Crippen molar-refractivity contribution in [2.24, 2.45) is 5.92 Å². The second-order valence-electron chi connectivity index (χ2n) is 7.11. The smallest absolute Gasteiger partial charge is 0.233 e. The number of piperidine rings is 1. The van der Waals surface area contributed by atoms with Crippen LogP contribution in [0.5, 0.6) is 0 Å². The number of rotatable bonds is 8. The number of likely N-dealkylation sites (tertiary alicyclic amines) is 1. The SMILES string of the molecule is O=C(CSc1nnc(NCc2ccco2)s1)N1CCC(Cc2ccccc2)CC1. The fourth-order valence-electron chi connectivity index (χ4n) is 3.46. The van der Waals surface area contributed by atoms with Crippen LogP contribution < -0.4 is 5.32 Å². The van der Waals surface area contributed by atoms with Crippen LogP contribution in [-0.2, 0) is 17.8 Å². The maximum atomic E-state index is 12.6. The maximum absolute atomic E-state index is 12.6. The Balaban J connectivity index is 1.17. The van der Waals surface area contributed by atoms with E-state index in [-0.39, 0.29) is 5.91 Å². The van der Waals surface area contributed by atoms with Gasteiger partial charge < -0.3 is 14.6 Å². The summed E-state index contributed by atoms with van der Waals surface area (Å²) in [6.45, 7) is 2.27. The molecule has 0 saturated carbocycles. The Morgan fingerprint density at radius 2 is 2.00 bits per heavy atom. The Morgan fingerprint density at radius 3 is 2.76 bits per heavy atom. The number of carbonyl (C=O) groups excluding carboxylic acids is 1. The molecule has 1 aliphatic rings. The van der Waals surface area contributed by atoms with E-state index in [4.69, 9.17) is 4.42 Å². The summed E-state index contributed by atoms with van der Waals surface area (Å²) in [7, 11) is 0. The molecule has 1 fully saturated rings. The molecule has 1 aliphatic heterocycles. The molecule has 1 amide bonds. The van der Waals surface area contributed by atoms with Crippen molar-refractivity contribution in [2.45, 2.75) is 30.1 Å². The van der Waals surface area contributed by atoms with Gasteiger partial charge in [0.15, 0.2) is 4.34 Å². The monoisotopic (exact) mass is 428 g/mol. The van der Waals surface area contributed by atoms with Crippen LogP contribution in [0, 0.1) is 5.92 Å². The van der Waals surface area contributed by atoms with E-state index in [0.29, 0.717) is 18.2 Å². The summed E-state index contributed by atoms with van der Waals surface area (Å²) in [6, 6.07) is 14.4. The number of hydrogen-bond donors (Lipinski definition) is 1. The van der Waals surface area contributed by atoms with Crippen molar-refractivity contribution in [3.63, 3.8) is 0 Å². The predicted molar refractivity (Wildman–Crippen MR) is 116 cm³/mol. The highest BCUT2D eigenvalue weighted by atomic mass is 32.2. The summed E-state index contributed by atoms with van der Waals surface area (Å²) in [5, 5.41) is 12.2. The van der Waals surface area contributed by atoms with Crippen LogP contribution in [-0.4, -0.2) is 39.8 Å². The minimum atomic E-state index is 0.188. The van der Waals surface area contributed by atoms with Gasteiger partial charge in [-0.2, -0.15) is 0 Å². The Morgan fingerprint density at radius 1 is 1.17 bits per heavy atom. The third-order valence-electron chi connectivity index (χ3n) is 5.05. The highest BCUT2D eigenvalue weighted by molar-refractivity contribution is 8.01. The van der Waals surface area contributed by atoms with Gasteiger partial charge in [0.1, 0.15) is 5.76 Å². The van der Waals surface area contributed by atoms with Gasteiger partial charge in [-0.25, -0.2) is 0 Å².